The summed E-state index contributed by atoms with van der Waals surface area (Å²) in [5, 5.41) is 0. The summed E-state index contributed by atoms with van der Waals surface area (Å²) < 4.78 is 0. The molecular formula is C22H35N3O. The van der Waals surface area contributed by atoms with Crippen LogP contribution in [-0.4, -0.2) is 62.5 Å². The van der Waals surface area contributed by atoms with Crippen molar-refractivity contribution in [2.45, 2.75) is 45.4 Å². The van der Waals surface area contributed by atoms with E-state index in [2.05, 4.69) is 47.9 Å². The molecule has 0 unspecified atom stereocenters. The topological polar surface area (TPSA) is 26.8 Å². The molecule has 2 aliphatic heterocycles. The second-order valence-corrected chi connectivity index (χ2v) is 8.38. The zero-order valence-electron chi connectivity index (χ0n) is 16.8. The number of anilines is 1. The normalized spacial score (nSPS) is 19.2. The number of nitrogens with zero attached hydrogens (tertiary/aromatic N) is 3. The molecule has 0 radical (unpaired) electrons. The highest BCUT2D eigenvalue weighted by molar-refractivity contribution is 5.95. The molecule has 0 aromatic heterocycles. The van der Waals surface area contributed by atoms with Crippen molar-refractivity contribution in [1.82, 2.24) is 9.80 Å². The van der Waals surface area contributed by atoms with Crippen molar-refractivity contribution in [3.8, 4) is 0 Å². The van der Waals surface area contributed by atoms with Gasteiger partial charge in [-0.1, -0.05) is 6.07 Å². The fraction of sp³-hybridized carbons (Fsp3) is 0.682. The Morgan fingerprint density at radius 3 is 2.42 bits per heavy atom. The monoisotopic (exact) mass is 357 g/mol. The summed E-state index contributed by atoms with van der Waals surface area (Å²) in [4.78, 5) is 19.8. The van der Waals surface area contributed by atoms with Gasteiger partial charge in [0.2, 0.25) is 0 Å². The van der Waals surface area contributed by atoms with E-state index in [-0.39, 0.29) is 5.91 Å². The van der Waals surface area contributed by atoms with Crippen LogP contribution < -0.4 is 4.90 Å². The number of benzene rings is 1. The Kier molecular flexibility index (Phi) is 6.58. The standard InChI is InChI=1S/C22H35N3O/c1-18-7-8-20(17-21(18)24-12-5-4-6-13-24)22(26)25-15-10-19(11-16-25)9-14-23(2)3/h7-8,17,19H,4-6,9-16H2,1-3H3. The van der Waals surface area contributed by atoms with Gasteiger partial charge in [0.1, 0.15) is 0 Å². The summed E-state index contributed by atoms with van der Waals surface area (Å²) in [5.74, 6) is 0.984. The highest BCUT2D eigenvalue weighted by Crippen LogP contribution is 2.27. The first-order valence-electron chi connectivity index (χ1n) is 10.3. The van der Waals surface area contributed by atoms with Crippen molar-refractivity contribution in [3.05, 3.63) is 29.3 Å². The van der Waals surface area contributed by atoms with E-state index in [1.165, 1.54) is 36.9 Å². The van der Waals surface area contributed by atoms with Gasteiger partial charge in [-0.3, -0.25) is 4.79 Å². The first kappa shape index (κ1) is 19.2. The molecule has 0 saturated carbocycles. The lowest BCUT2D eigenvalue weighted by Gasteiger charge is -2.33. The maximum Gasteiger partial charge on any atom is 0.253 e. The van der Waals surface area contributed by atoms with Crippen molar-refractivity contribution in [1.29, 1.82) is 0 Å². The van der Waals surface area contributed by atoms with E-state index < -0.39 is 0 Å². The van der Waals surface area contributed by atoms with Gasteiger partial charge in [-0.2, -0.15) is 0 Å². The molecule has 2 aliphatic rings. The molecule has 4 heteroatoms. The van der Waals surface area contributed by atoms with Crippen molar-refractivity contribution in [2.24, 2.45) is 5.92 Å². The SMILES string of the molecule is Cc1ccc(C(=O)N2CCC(CCN(C)C)CC2)cc1N1CCCCC1. The van der Waals surface area contributed by atoms with Gasteiger partial charge in [0.25, 0.3) is 5.91 Å². The molecule has 2 saturated heterocycles. The Bertz CT molecular complexity index is 599. The van der Waals surface area contributed by atoms with Crippen LogP contribution in [-0.2, 0) is 0 Å². The molecule has 2 fully saturated rings. The summed E-state index contributed by atoms with van der Waals surface area (Å²) in [6, 6.07) is 6.28. The first-order chi connectivity index (χ1) is 12.5. The van der Waals surface area contributed by atoms with Gasteiger partial charge in [-0.25, -0.2) is 0 Å². The molecule has 1 aromatic carbocycles. The summed E-state index contributed by atoms with van der Waals surface area (Å²) >= 11 is 0. The predicted molar refractivity (Wildman–Crippen MR) is 109 cm³/mol. The van der Waals surface area contributed by atoms with Gasteiger partial charge in [0, 0.05) is 37.4 Å². The third kappa shape index (κ3) is 4.79. The van der Waals surface area contributed by atoms with Gasteiger partial charge in [0.05, 0.1) is 0 Å². The minimum atomic E-state index is 0.217. The minimum absolute atomic E-state index is 0.217. The fourth-order valence-corrected chi connectivity index (χ4v) is 4.27. The third-order valence-corrected chi connectivity index (χ3v) is 6.04. The zero-order chi connectivity index (χ0) is 18.5. The maximum absolute atomic E-state index is 13.0. The Morgan fingerprint density at radius 2 is 1.77 bits per heavy atom. The number of aryl methyl sites for hydroxylation is 1. The van der Waals surface area contributed by atoms with Crippen LogP contribution in [0.5, 0.6) is 0 Å². The van der Waals surface area contributed by atoms with Crippen LogP contribution in [0.25, 0.3) is 0 Å². The van der Waals surface area contributed by atoms with Crippen LogP contribution in [0.1, 0.15) is 54.4 Å². The molecule has 1 amide bonds. The molecule has 1 aromatic rings. The Morgan fingerprint density at radius 1 is 1.08 bits per heavy atom. The van der Waals surface area contributed by atoms with E-state index >= 15 is 0 Å². The van der Waals surface area contributed by atoms with E-state index in [9.17, 15) is 4.79 Å². The Balaban J connectivity index is 1.61. The molecule has 0 atom stereocenters. The minimum Gasteiger partial charge on any atom is -0.371 e. The molecule has 26 heavy (non-hydrogen) atoms. The van der Waals surface area contributed by atoms with E-state index in [4.69, 9.17) is 0 Å². The van der Waals surface area contributed by atoms with Crippen LogP contribution in [0.15, 0.2) is 18.2 Å². The Hall–Kier alpha value is -1.55. The lowest BCUT2D eigenvalue weighted by atomic mass is 9.93. The number of hydrogen-bond acceptors (Lipinski definition) is 3. The predicted octanol–water partition coefficient (Wildman–Crippen LogP) is 3.79. The Labute approximate surface area is 159 Å². The summed E-state index contributed by atoms with van der Waals surface area (Å²) in [6.45, 7) is 7.36. The second-order valence-electron chi connectivity index (χ2n) is 8.38. The van der Waals surface area contributed by atoms with Crippen LogP contribution in [0.3, 0.4) is 0 Å². The van der Waals surface area contributed by atoms with Crippen LogP contribution in [0.4, 0.5) is 5.69 Å². The van der Waals surface area contributed by atoms with E-state index in [1.807, 2.05) is 6.07 Å². The molecule has 4 nitrogen and oxygen atoms in total. The van der Waals surface area contributed by atoms with Crippen molar-refractivity contribution < 1.29 is 4.79 Å². The van der Waals surface area contributed by atoms with Crippen LogP contribution in [0, 0.1) is 12.8 Å². The molecule has 0 N–H and O–H groups in total. The number of hydrogen-bond donors (Lipinski definition) is 0. The summed E-state index contributed by atoms with van der Waals surface area (Å²) in [6.07, 6.45) is 7.39. The average Bonchev–Trinajstić information content (AvgIpc) is 2.67. The van der Waals surface area contributed by atoms with Crippen molar-refractivity contribution >= 4 is 11.6 Å². The quantitative estimate of drug-likeness (QED) is 0.802. The van der Waals surface area contributed by atoms with Gasteiger partial charge >= 0.3 is 0 Å². The van der Waals surface area contributed by atoms with Gasteiger partial charge in [0.15, 0.2) is 0 Å². The first-order valence-corrected chi connectivity index (χ1v) is 10.3. The number of carbonyl (C=O) groups excluding carboxylic acids is 1. The zero-order valence-corrected chi connectivity index (χ0v) is 16.8. The summed E-state index contributed by atoms with van der Waals surface area (Å²) in [7, 11) is 4.27. The third-order valence-electron chi connectivity index (χ3n) is 6.04. The highest BCUT2D eigenvalue weighted by Gasteiger charge is 2.24. The lowest BCUT2D eigenvalue weighted by Crippen LogP contribution is -2.39. The number of piperidine rings is 2. The molecule has 3 rings (SSSR count). The van der Waals surface area contributed by atoms with Crippen molar-refractivity contribution in [2.75, 3.05) is 51.7 Å². The molecular weight excluding hydrogens is 322 g/mol. The molecule has 0 bridgehead atoms. The number of likely N-dealkylation sites (tertiary alicyclic amines) is 1. The molecule has 0 aliphatic carbocycles. The largest absolute Gasteiger partial charge is 0.371 e. The summed E-state index contributed by atoms with van der Waals surface area (Å²) in [5.41, 5.74) is 3.41. The average molecular weight is 358 g/mol. The molecule has 0 spiro atoms. The van der Waals surface area contributed by atoms with E-state index in [0.29, 0.717) is 0 Å². The number of carbonyl (C=O) groups is 1. The van der Waals surface area contributed by atoms with E-state index in [1.54, 1.807) is 0 Å². The molecule has 2 heterocycles. The van der Waals surface area contributed by atoms with Crippen molar-refractivity contribution in [3.63, 3.8) is 0 Å². The highest BCUT2D eigenvalue weighted by atomic mass is 16.2. The number of rotatable bonds is 5. The van der Waals surface area contributed by atoms with Gasteiger partial charge in [-0.15, -0.1) is 0 Å². The van der Waals surface area contributed by atoms with Crippen LogP contribution in [0.2, 0.25) is 0 Å². The fourth-order valence-electron chi connectivity index (χ4n) is 4.27. The maximum atomic E-state index is 13.0. The smallest absolute Gasteiger partial charge is 0.253 e. The van der Waals surface area contributed by atoms with E-state index in [0.717, 1.165) is 57.0 Å². The van der Waals surface area contributed by atoms with Crippen LogP contribution >= 0.6 is 0 Å². The number of amides is 1. The van der Waals surface area contributed by atoms with Gasteiger partial charge in [-0.05, 0) is 89.7 Å². The molecule has 144 valence electrons. The lowest BCUT2D eigenvalue weighted by molar-refractivity contribution is 0.0683. The van der Waals surface area contributed by atoms with Gasteiger partial charge < -0.3 is 14.7 Å². The second kappa shape index (κ2) is 8.90.